The summed E-state index contributed by atoms with van der Waals surface area (Å²) in [5, 5.41) is 3.61. The smallest absolute Gasteiger partial charge is 0.409 e. The van der Waals surface area contributed by atoms with E-state index in [4.69, 9.17) is 4.74 Å². The number of aryl methyl sites for hydroxylation is 2. The Labute approximate surface area is 135 Å². The minimum absolute atomic E-state index is 0.191. The maximum atomic E-state index is 11.7. The van der Waals surface area contributed by atoms with Crippen LogP contribution < -0.4 is 5.32 Å². The summed E-state index contributed by atoms with van der Waals surface area (Å²) < 4.78 is 6.15. The van der Waals surface area contributed by atoms with E-state index in [-0.39, 0.29) is 6.09 Å². The van der Waals surface area contributed by atoms with E-state index in [0.29, 0.717) is 12.6 Å². The third kappa shape index (κ3) is 4.13. The van der Waals surface area contributed by atoms with Crippen molar-refractivity contribution < 1.29 is 9.53 Å². The van der Waals surface area contributed by atoms with Gasteiger partial charge >= 0.3 is 6.09 Å². The molecular formula is C16H23BrN2O2. The average molecular weight is 355 g/mol. The molecule has 1 aromatic carbocycles. The van der Waals surface area contributed by atoms with Gasteiger partial charge in [-0.2, -0.15) is 0 Å². The molecule has 1 saturated heterocycles. The molecule has 0 bridgehead atoms. The number of halogens is 1. The average Bonchev–Trinajstić information content (AvgIpc) is 2.43. The number of hydrogen-bond donors (Lipinski definition) is 1. The lowest BCUT2D eigenvalue weighted by molar-refractivity contribution is 0.0983. The van der Waals surface area contributed by atoms with E-state index >= 15 is 0 Å². The van der Waals surface area contributed by atoms with Gasteiger partial charge in [-0.15, -0.1) is 0 Å². The van der Waals surface area contributed by atoms with E-state index < -0.39 is 0 Å². The van der Waals surface area contributed by atoms with Crippen LogP contribution in [0.25, 0.3) is 0 Å². The van der Waals surface area contributed by atoms with Crippen molar-refractivity contribution in [2.24, 2.45) is 0 Å². The molecule has 4 nitrogen and oxygen atoms in total. The molecule has 116 valence electrons. The molecule has 5 heteroatoms. The molecule has 0 aromatic heterocycles. The molecule has 1 fully saturated rings. The second kappa shape index (κ2) is 7.16. The van der Waals surface area contributed by atoms with Gasteiger partial charge in [0.05, 0.1) is 12.3 Å². The maximum Gasteiger partial charge on any atom is 0.409 e. The molecule has 1 aliphatic heterocycles. The molecule has 1 aliphatic rings. The Balaban J connectivity index is 1.94. The number of anilines is 1. The number of ether oxygens (including phenoxy) is 1. The molecule has 2 rings (SSSR count). The van der Waals surface area contributed by atoms with Gasteiger partial charge in [0.15, 0.2) is 0 Å². The van der Waals surface area contributed by atoms with Gasteiger partial charge in [-0.3, -0.25) is 0 Å². The Kier molecular flexibility index (Phi) is 5.51. The van der Waals surface area contributed by atoms with E-state index in [1.54, 1.807) is 4.90 Å². The number of hydrogen-bond acceptors (Lipinski definition) is 3. The van der Waals surface area contributed by atoms with E-state index in [2.05, 4.69) is 47.2 Å². The van der Waals surface area contributed by atoms with E-state index in [1.807, 2.05) is 6.92 Å². The summed E-state index contributed by atoms with van der Waals surface area (Å²) in [5.74, 6) is 0. The van der Waals surface area contributed by atoms with Gasteiger partial charge in [-0.25, -0.2) is 4.79 Å². The zero-order valence-electron chi connectivity index (χ0n) is 12.9. The number of carbonyl (C=O) groups is 1. The van der Waals surface area contributed by atoms with Gasteiger partial charge in [-0.1, -0.05) is 6.07 Å². The van der Waals surface area contributed by atoms with Gasteiger partial charge < -0.3 is 15.0 Å². The lowest BCUT2D eigenvalue weighted by Gasteiger charge is -2.32. The van der Waals surface area contributed by atoms with Gasteiger partial charge in [0.25, 0.3) is 0 Å². The third-order valence-electron chi connectivity index (χ3n) is 3.80. The van der Waals surface area contributed by atoms with Crippen molar-refractivity contribution in [3.63, 3.8) is 0 Å². The molecule has 0 spiro atoms. The Morgan fingerprint density at radius 3 is 2.62 bits per heavy atom. The summed E-state index contributed by atoms with van der Waals surface area (Å²) in [7, 11) is 0. The van der Waals surface area contributed by atoms with Crippen LogP contribution in [0.15, 0.2) is 16.6 Å². The lowest BCUT2D eigenvalue weighted by Crippen LogP contribution is -2.42. The lowest BCUT2D eigenvalue weighted by atomic mass is 10.0. The molecule has 0 atom stereocenters. The van der Waals surface area contributed by atoms with Crippen molar-refractivity contribution in [1.82, 2.24) is 4.90 Å². The van der Waals surface area contributed by atoms with E-state index in [0.717, 1.165) is 36.1 Å². The summed E-state index contributed by atoms with van der Waals surface area (Å²) in [5.41, 5.74) is 3.66. The maximum absolute atomic E-state index is 11.7. The van der Waals surface area contributed by atoms with Crippen LogP contribution in [-0.2, 0) is 4.74 Å². The number of nitrogens with zero attached hydrogens (tertiary/aromatic N) is 1. The van der Waals surface area contributed by atoms with Gasteiger partial charge in [0, 0.05) is 23.6 Å². The second-order valence-corrected chi connectivity index (χ2v) is 6.40. The van der Waals surface area contributed by atoms with Gasteiger partial charge in [0.1, 0.15) is 0 Å². The molecule has 1 heterocycles. The highest BCUT2D eigenvalue weighted by molar-refractivity contribution is 9.10. The zero-order valence-corrected chi connectivity index (χ0v) is 14.5. The highest BCUT2D eigenvalue weighted by Crippen LogP contribution is 2.29. The van der Waals surface area contributed by atoms with Crippen LogP contribution in [0.5, 0.6) is 0 Å². The summed E-state index contributed by atoms with van der Waals surface area (Å²) in [6.45, 7) is 7.99. The first-order valence-corrected chi connectivity index (χ1v) is 8.25. The van der Waals surface area contributed by atoms with Crippen LogP contribution in [-0.4, -0.2) is 36.7 Å². The van der Waals surface area contributed by atoms with Crippen LogP contribution in [0, 0.1) is 13.8 Å². The van der Waals surface area contributed by atoms with Crippen LogP contribution in [0.3, 0.4) is 0 Å². The first kappa shape index (κ1) is 16.1. The normalized spacial score (nSPS) is 15.9. The molecule has 0 radical (unpaired) electrons. The molecule has 1 aromatic rings. The predicted molar refractivity (Wildman–Crippen MR) is 88.9 cm³/mol. The number of amides is 1. The highest BCUT2D eigenvalue weighted by Gasteiger charge is 2.24. The monoisotopic (exact) mass is 354 g/mol. The van der Waals surface area contributed by atoms with E-state index in [1.165, 1.54) is 11.1 Å². The van der Waals surface area contributed by atoms with Crippen LogP contribution in [0.2, 0.25) is 0 Å². The fourth-order valence-electron chi connectivity index (χ4n) is 2.72. The van der Waals surface area contributed by atoms with Crippen molar-refractivity contribution in [1.29, 1.82) is 0 Å². The summed E-state index contributed by atoms with van der Waals surface area (Å²) >= 11 is 3.63. The quantitative estimate of drug-likeness (QED) is 0.888. The number of nitrogens with one attached hydrogen (secondary N) is 1. The van der Waals surface area contributed by atoms with Crippen molar-refractivity contribution in [3.8, 4) is 0 Å². The number of likely N-dealkylation sites (tertiary alicyclic amines) is 1. The molecule has 1 N–H and O–H groups in total. The zero-order chi connectivity index (χ0) is 15.4. The van der Waals surface area contributed by atoms with Crippen molar-refractivity contribution >= 4 is 27.7 Å². The fraction of sp³-hybridized carbons (Fsp3) is 0.562. The van der Waals surface area contributed by atoms with E-state index in [9.17, 15) is 4.79 Å². The molecular weight excluding hydrogens is 332 g/mol. The number of carbonyl (C=O) groups excluding carboxylic acids is 1. The fourth-order valence-corrected chi connectivity index (χ4v) is 3.51. The topological polar surface area (TPSA) is 41.6 Å². The first-order chi connectivity index (χ1) is 10.0. The third-order valence-corrected chi connectivity index (χ3v) is 4.43. The van der Waals surface area contributed by atoms with Gasteiger partial charge in [-0.05, 0) is 66.7 Å². The molecule has 0 unspecified atom stereocenters. The minimum atomic E-state index is -0.191. The molecule has 0 saturated carbocycles. The summed E-state index contributed by atoms with van der Waals surface area (Å²) in [4.78, 5) is 13.5. The number of piperidine rings is 1. The number of rotatable bonds is 3. The molecule has 0 aliphatic carbocycles. The minimum Gasteiger partial charge on any atom is -0.450 e. The summed E-state index contributed by atoms with van der Waals surface area (Å²) in [6.07, 6.45) is 1.69. The van der Waals surface area contributed by atoms with Crippen molar-refractivity contribution in [3.05, 3.63) is 27.7 Å². The Morgan fingerprint density at radius 2 is 2.05 bits per heavy atom. The Bertz CT molecular complexity index is 488. The number of benzene rings is 1. The SMILES string of the molecule is CCOC(=O)N1CCC(Nc2c(C)cc(C)cc2Br)CC1. The van der Waals surface area contributed by atoms with Crippen LogP contribution in [0.4, 0.5) is 10.5 Å². The standard InChI is InChI=1S/C16H23BrN2O2/c1-4-21-16(20)19-7-5-13(6-8-19)18-15-12(3)9-11(2)10-14(15)17/h9-10,13,18H,4-8H2,1-3H3. The van der Waals surface area contributed by atoms with Crippen molar-refractivity contribution in [2.45, 2.75) is 39.7 Å². The Hall–Kier alpha value is -1.23. The first-order valence-electron chi connectivity index (χ1n) is 7.46. The highest BCUT2D eigenvalue weighted by atomic mass is 79.9. The van der Waals surface area contributed by atoms with Crippen LogP contribution in [0.1, 0.15) is 30.9 Å². The van der Waals surface area contributed by atoms with Gasteiger partial charge in [0.2, 0.25) is 0 Å². The van der Waals surface area contributed by atoms with Crippen molar-refractivity contribution in [2.75, 3.05) is 25.0 Å². The van der Waals surface area contributed by atoms with Crippen LogP contribution >= 0.6 is 15.9 Å². The second-order valence-electron chi connectivity index (χ2n) is 5.54. The predicted octanol–water partition coefficient (Wildman–Crippen LogP) is 4.10. The summed E-state index contributed by atoms with van der Waals surface area (Å²) in [6, 6.07) is 4.71. The Morgan fingerprint density at radius 1 is 1.38 bits per heavy atom. The molecule has 21 heavy (non-hydrogen) atoms. The largest absolute Gasteiger partial charge is 0.450 e. The molecule has 1 amide bonds.